The molecule has 0 heterocycles. The standard InChI is InChI=1S/C16H24N2O2/c1-12(2)20-15-9-7-13(8-10-15)11-19-18-16(17)14-5-3-4-6-14/h7-10,12,14H,3-6,11H2,1-2H3,(H2,17,18). The molecule has 0 aromatic heterocycles. The van der Waals surface area contributed by atoms with Gasteiger partial charge < -0.3 is 15.3 Å². The van der Waals surface area contributed by atoms with Gasteiger partial charge in [-0.1, -0.05) is 30.1 Å². The molecule has 4 nitrogen and oxygen atoms in total. The second kappa shape index (κ2) is 7.17. The highest BCUT2D eigenvalue weighted by Gasteiger charge is 2.18. The van der Waals surface area contributed by atoms with Gasteiger partial charge in [0.15, 0.2) is 0 Å². The molecule has 0 saturated heterocycles. The van der Waals surface area contributed by atoms with E-state index in [-0.39, 0.29) is 6.10 Å². The normalized spacial score (nSPS) is 16.6. The largest absolute Gasteiger partial charge is 0.491 e. The van der Waals surface area contributed by atoms with Crippen LogP contribution in [0.5, 0.6) is 5.75 Å². The van der Waals surface area contributed by atoms with Crippen molar-refractivity contribution in [2.24, 2.45) is 16.8 Å². The number of hydrogen-bond acceptors (Lipinski definition) is 3. The van der Waals surface area contributed by atoms with Crippen molar-refractivity contribution < 1.29 is 9.57 Å². The van der Waals surface area contributed by atoms with Crippen molar-refractivity contribution in [3.63, 3.8) is 0 Å². The van der Waals surface area contributed by atoms with E-state index in [0.717, 1.165) is 24.2 Å². The van der Waals surface area contributed by atoms with Crippen molar-refractivity contribution in [1.29, 1.82) is 0 Å². The zero-order valence-electron chi connectivity index (χ0n) is 12.3. The number of nitrogens with two attached hydrogens (primary N) is 1. The molecule has 0 atom stereocenters. The number of hydrogen-bond donors (Lipinski definition) is 1. The van der Waals surface area contributed by atoms with E-state index in [4.69, 9.17) is 15.3 Å². The van der Waals surface area contributed by atoms with Gasteiger partial charge in [-0.05, 0) is 44.4 Å². The fourth-order valence-electron chi connectivity index (χ4n) is 2.41. The molecule has 4 heteroatoms. The van der Waals surface area contributed by atoms with Crippen molar-refractivity contribution in [2.75, 3.05) is 0 Å². The molecule has 2 rings (SSSR count). The second-order valence-corrected chi connectivity index (χ2v) is 5.58. The van der Waals surface area contributed by atoms with Gasteiger partial charge in [-0.2, -0.15) is 0 Å². The van der Waals surface area contributed by atoms with Crippen LogP contribution in [0.2, 0.25) is 0 Å². The molecule has 0 radical (unpaired) electrons. The topological polar surface area (TPSA) is 56.8 Å². The summed E-state index contributed by atoms with van der Waals surface area (Å²) in [6.07, 6.45) is 4.96. The third kappa shape index (κ3) is 4.44. The van der Waals surface area contributed by atoms with Gasteiger partial charge in [-0.15, -0.1) is 0 Å². The highest BCUT2D eigenvalue weighted by atomic mass is 16.6. The molecule has 1 fully saturated rings. The van der Waals surface area contributed by atoms with Crippen LogP contribution in [-0.2, 0) is 11.4 Å². The molecule has 2 N–H and O–H groups in total. The summed E-state index contributed by atoms with van der Waals surface area (Å²) in [5.41, 5.74) is 6.99. The van der Waals surface area contributed by atoms with Gasteiger partial charge in [-0.25, -0.2) is 0 Å². The molecular weight excluding hydrogens is 252 g/mol. The minimum atomic E-state index is 0.188. The average Bonchev–Trinajstić information content (AvgIpc) is 2.94. The maximum absolute atomic E-state index is 5.93. The third-order valence-corrected chi connectivity index (χ3v) is 3.47. The van der Waals surface area contributed by atoms with Crippen molar-refractivity contribution in [1.82, 2.24) is 0 Å². The zero-order chi connectivity index (χ0) is 14.4. The first-order valence-electron chi connectivity index (χ1n) is 7.36. The van der Waals surface area contributed by atoms with Crippen LogP contribution in [0.3, 0.4) is 0 Å². The van der Waals surface area contributed by atoms with Crippen LogP contribution < -0.4 is 10.5 Å². The summed E-state index contributed by atoms with van der Waals surface area (Å²) in [6.45, 7) is 4.46. The van der Waals surface area contributed by atoms with Crippen LogP contribution in [0.1, 0.15) is 45.1 Å². The van der Waals surface area contributed by atoms with Gasteiger partial charge in [0.25, 0.3) is 0 Å². The lowest BCUT2D eigenvalue weighted by molar-refractivity contribution is 0.128. The highest BCUT2D eigenvalue weighted by Crippen LogP contribution is 2.24. The Balaban J connectivity index is 1.80. The quantitative estimate of drug-likeness (QED) is 0.492. The van der Waals surface area contributed by atoms with Gasteiger partial charge >= 0.3 is 0 Å². The van der Waals surface area contributed by atoms with Gasteiger partial charge in [-0.3, -0.25) is 0 Å². The van der Waals surface area contributed by atoms with Gasteiger partial charge in [0, 0.05) is 5.92 Å². The molecule has 0 unspecified atom stereocenters. The van der Waals surface area contributed by atoms with Gasteiger partial charge in [0.1, 0.15) is 18.2 Å². The van der Waals surface area contributed by atoms with Crippen molar-refractivity contribution >= 4 is 5.84 Å². The molecule has 1 saturated carbocycles. The number of rotatable bonds is 6. The second-order valence-electron chi connectivity index (χ2n) is 5.58. The van der Waals surface area contributed by atoms with E-state index in [1.165, 1.54) is 12.8 Å². The molecule has 0 spiro atoms. The SMILES string of the molecule is CC(C)Oc1ccc(CO/N=C(/N)C2CCCC2)cc1. The molecule has 1 aromatic carbocycles. The molecule has 0 bridgehead atoms. The number of amidine groups is 1. The predicted octanol–water partition coefficient (Wildman–Crippen LogP) is 3.45. The van der Waals surface area contributed by atoms with Crippen molar-refractivity contribution in [3.05, 3.63) is 29.8 Å². The summed E-state index contributed by atoms with van der Waals surface area (Å²) in [5.74, 6) is 1.93. The number of benzene rings is 1. The van der Waals surface area contributed by atoms with Gasteiger partial charge in [0.2, 0.25) is 0 Å². The summed E-state index contributed by atoms with van der Waals surface area (Å²) < 4.78 is 5.59. The summed E-state index contributed by atoms with van der Waals surface area (Å²) in [7, 11) is 0. The van der Waals surface area contributed by atoms with Crippen LogP contribution >= 0.6 is 0 Å². The van der Waals surface area contributed by atoms with Crippen molar-refractivity contribution in [3.8, 4) is 5.75 Å². The molecule has 1 aromatic rings. The lowest BCUT2D eigenvalue weighted by Crippen LogP contribution is -2.21. The molecular formula is C16H24N2O2. The van der Waals surface area contributed by atoms with E-state index in [0.29, 0.717) is 18.4 Å². The zero-order valence-corrected chi connectivity index (χ0v) is 12.3. The Bertz CT molecular complexity index is 434. The third-order valence-electron chi connectivity index (χ3n) is 3.47. The number of nitrogens with zero attached hydrogens (tertiary/aromatic N) is 1. The van der Waals surface area contributed by atoms with Crippen LogP contribution in [0.15, 0.2) is 29.4 Å². The predicted molar refractivity (Wildman–Crippen MR) is 80.6 cm³/mol. The average molecular weight is 276 g/mol. The maximum Gasteiger partial charge on any atom is 0.142 e. The summed E-state index contributed by atoms with van der Waals surface area (Å²) in [4.78, 5) is 5.34. The van der Waals surface area contributed by atoms with Gasteiger partial charge in [0.05, 0.1) is 6.10 Å². The Labute approximate surface area is 120 Å². The van der Waals surface area contributed by atoms with E-state index in [2.05, 4.69) is 5.16 Å². The van der Waals surface area contributed by atoms with Crippen LogP contribution in [0.25, 0.3) is 0 Å². The fraction of sp³-hybridized carbons (Fsp3) is 0.562. The fourth-order valence-corrected chi connectivity index (χ4v) is 2.41. The molecule has 0 aliphatic heterocycles. The van der Waals surface area contributed by atoms with E-state index >= 15 is 0 Å². The van der Waals surface area contributed by atoms with E-state index in [9.17, 15) is 0 Å². The smallest absolute Gasteiger partial charge is 0.142 e. The van der Waals surface area contributed by atoms with Crippen molar-refractivity contribution in [2.45, 2.75) is 52.2 Å². The van der Waals surface area contributed by atoms with E-state index < -0.39 is 0 Å². The molecule has 110 valence electrons. The minimum Gasteiger partial charge on any atom is -0.491 e. The number of ether oxygens (including phenoxy) is 1. The molecule has 1 aliphatic carbocycles. The van der Waals surface area contributed by atoms with E-state index in [1.807, 2.05) is 38.1 Å². The lowest BCUT2D eigenvalue weighted by atomic mass is 10.1. The Kier molecular flexibility index (Phi) is 5.27. The Hall–Kier alpha value is -1.71. The van der Waals surface area contributed by atoms with Crippen LogP contribution in [-0.4, -0.2) is 11.9 Å². The first kappa shape index (κ1) is 14.7. The summed E-state index contributed by atoms with van der Waals surface area (Å²) in [6, 6.07) is 7.86. The first-order valence-corrected chi connectivity index (χ1v) is 7.36. The summed E-state index contributed by atoms with van der Waals surface area (Å²) in [5, 5.41) is 4.04. The Morgan fingerprint density at radius 1 is 1.25 bits per heavy atom. The Morgan fingerprint density at radius 3 is 2.50 bits per heavy atom. The Morgan fingerprint density at radius 2 is 1.90 bits per heavy atom. The van der Waals surface area contributed by atoms with Crippen LogP contribution in [0, 0.1) is 5.92 Å². The monoisotopic (exact) mass is 276 g/mol. The first-order chi connectivity index (χ1) is 9.65. The van der Waals surface area contributed by atoms with Crippen LogP contribution in [0.4, 0.5) is 0 Å². The highest BCUT2D eigenvalue weighted by molar-refractivity contribution is 5.82. The van der Waals surface area contributed by atoms with E-state index in [1.54, 1.807) is 0 Å². The number of oxime groups is 1. The molecule has 0 amide bonds. The minimum absolute atomic E-state index is 0.188. The molecule has 1 aliphatic rings. The summed E-state index contributed by atoms with van der Waals surface area (Å²) >= 11 is 0. The lowest BCUT2D eigenvalue weighted by Gasteiger charge is -2.10. The molecule has 20 heavy (non-hydrogen) atoms. The maximum atomic E-state index is 5.93.